The van der Waals surface area contributed by atoms with Crippen molar-refractivity contribution in [1.29, 1.82) is 0 Å². The van der Waals surface area contributed by atoms with Crippen LogP contribution < -0.4 is 4.98 Å². The summed E-state index contributed by atoms with van der Waals surface area (Å²) in [7, 11) is -1.51. The van der Waals surface area contributed by atoms with Gasteiger partial charge in [-0.3, -0.25) is 0 Å². The Morgan fingerprint density at radius 1 is 1.17 bits per heavy atom. The molecule has 0 radical (unpaired) electrons. The average Bonchev–Trinajstić information content (AvgIpc) is 2.85. The quantitative estimate of drug-likeness (QED) is 0.818. The summed E-state index contributed by atoms with van der Waals surface area (Å²) < 4.78 is 2.19. The zero-order chi connectivity index (χ0) is 13.4. The predicted molar refractivity (Wildman–Crippen MR) is 81.8 cm³/mol. The van der Waals surface area contributed by atoms with Gasteiger partial charge in [-0.1, -0.05) is 24.4 Å². The molecule has 0 saturated heterocycles. The molecule has 0 bridgehead atoms. The molecule has 1 aromatic rings. The third-order valence-electron chi connectivity index (χ3n) is 3.25. The van der Waals surface area contributed by atoms with E-state index in [1.165, 1.54) is 5.70 Å². The van der Waals surface area contributed by atoms with Crippen LogP contribution in [0.5, 0.6) is 0 Å². The lowest BCUT2D eigenvalue weighted by atomic mass is 10.1. The van der Waals surface area contributed by atoms with Crippen LogP contribution in [0.2, 0.25) is 13.1 Å². The van der Waals surface area contributed by atoms with E-state index < -0.39 is 8.24 Å². The monoisotopic (exact) mass is 260 g/mol. The first kappa shape index (κ1) is 13.4. The second kappa shape index (κ2) is 4.56. The lowest BCUT2D eigenvalue weighted by Crippen LogP contribution is -2.55. The van der Waals surface area contributed by atoms with E-state index in [1.807, 2.05) is 0 Å². The molecule has 1 N–H and O–H groups in total. The largest absolute Gasteiger partial charge is 0.329 e. The lowest BCUT2D eigenvalue weighted by Gasteiger charge is -2.34. The van der Waals surface area contributed by atoms with Crippen molar-refractivity contribution in [3.05, 3.63) is 41.9 Å². The van der Waals surface area contributed by atoms with Crippen LogP contribution in [-0.4, -0.2) is 18.3 Å². The van der Waals surface area contributed by atoms with Crippen LogP contribution in [0.25, 0.3) is 5.70 Å². The topological polar surface area (TPSA) is 17.0 Å². The molecule has 0 aliphatic heterocycles. The maximum atomic E-state index is 3.83. The fourth-order valence-corrected chi connectivity index (χ4v) is 5.81. The van der Waals surface area contributed by atoms with Gasteiger partial charge >= 0.3 is 0 Å². The van der Waals surface area contributed by atoms with Crippen LogP contribution in [0.1, 0.15) is 27.2 Å². The van der Waals surface area contributed by atoms with Crippen LogP contribution in [0.4, 0.5) is 0 Å². The van der Waals surface area contributed by atoms with Crippen LogP contribution in [-0.2, 0) is 0 Å². The Kier molecular flexibility index (Phi) is 3.38. The van der Waals surface area contributed by atoms with Gasteiger partial charge in [0.25, 0.3) is 0 Å². The van der Waals surface area contributed by atoms with Gasteiger partial charge in [0.1, 0.15) is 8.24 Å². The van der Waals surface area contributed by atoms with Gasteiger partial charge in [-0.2, -0.15) is 0 Å². The smallest absolute Gasteiger partial charge is 0.148 e. The first-order valence-corrected chi connectivity index (χ1v) is 9.62. The highest BCUT2D eigenvalue weighted by molar-refractivity contribution is 6.82. The van der Waals surface area contributed by atoms with Gasteiger partial charge in [-0.05, 0) is 45.4 Å². The number of allylic oxidation sites excluding steroid dienone is 4. The predicted octanol–water partition coefficient (Wildman–Crippen LogP) is 3.79. The third kappa shape index (κ3) is 3.03. The molecule has 98 valence electrons. The van der Waals surface area contributed by atoms with Crippen LogP contribution >= 0.6 is 0 Å². The Balaban J connectivity index is 2.15. The number of hydrogen-bond acceptors (Lipinski definition) is 1. The summed E-state index contributed by atoms with van der Waals surface area (Å²) in [5.74, 6) is 0. The van der Waals surface area contributed by atoms with Crippen molar-refractivity contribution < 1.29 is 0 Å². The molecular formula is C15H24N2Si. The molecule has 0 saturated carbocycles. The second-order valence-electron chi connectivity index (χ2n) is 6.59. The Morgan fingerprint density at radius 2 is 1.78 bits per heavy atom. The van der Waals surface area contributed by atoms with Crippen molar-refractivity contribution >= 4 is 13.9 Å². The highest BCUT2D eigenvalue weighted by Gasteiger charge is 2.31. The van der Waals surface area contributed by atoms with Crippen LogP contribution in [0, 0.1) is 0 Å². The third-order valence-corrected chi connectivity index (χ3v) is 6.58. The number of aromatic nitrogens is 1. The van der Waals surface area contributed by atoms with Gasteiger partial charge in [-0.15, -0.1) is 0 Å². The van der Waals surface area contributed by atoms with E-state index in [-0.39, 0.29) is 5.54 Å². The molecular weight excluding hydrogens is 236 g/mol. The Hall–Kier alpha value is -1.06. The molecule has 1 aliphatic rings. The summed E-state index contributed by atoms with van der Waals surface area (Å²) in [4.78, 5) is 3.83. The van der Waals surface area contributed by atoms with E-state index in [4.69, 9.17) is 0 Å². The Bertz CT molecular complexity index is 473. The SMILES string of the molecule is CC(C)(C)N[Si](C)(C)C1=CC(n2cccc2)=CC1. The molecule has 0 spiro atoms. The van der Waals surface area contributed by atoms with E-state index in [0.29, 0.717) is 0 Å². The first-order chi connectivity index (χ1) is 8.28. The minimum Gasteiger partial charge on any atom is -0.329 e. The van der Waals surface area contributed by atoms with Crippen molar-refractivity contribution in [3.8, 4) is 0 Å². The molecule has 1 aliphatic carbocycles. The lowest BCUT2D eigenvalue weighted by molar-refractivity contribution is 0.513. The number of hydrogen-bond donors (Lipinski definition) is 1. The summed E-state index contributed by atoms with van der Waals surface area (Å²) in [5.41, 5.74) is 1.50. The zero-order valence-electron chi connectivity index (χ0n) is 12.1. The fourth-order valence-electron chi connectivity index (χ4n) is 2.65. The van der Waals surface area contributed by atoms with E-state index >= 15 is 0 Å². The summed E-state index contributed by atoms with van der Waals surface area (Å²) in [6.07, 6.45) is 10.0. The molecule has 0 fully saturated rings. The normalized spacial score (nSPS) is 16.7. The van der Waals surface area contributed by atoms with Crippen molar-refractivity contribution in [2.45, 2.75) is 45.8 Å². The van der Waals surface area contributed by atoms with Crippen molar-refractivity contribution in [1.82, 2.24) is 9.55 Å². The van der Waals surface area contributed by atoms with Crippen molar-refractivity contribution in [2.75, 3.05) is 0 Å². The van der Waals surface area contributed by atoms with Gasteiger partial charge < -0.3 is 9.55 Å². The van der Waals surface area contributed by atoms with Gasteiger partial charge in [0.05, 0.1) is 0 Å². The molecule has 2 rings (SSSR count). The summed E-state index contributed by atoms with van der Waals surface area (Å²) in [5, 5.41) is 1.58. The minimum absolute atomic E-state index is 0.187. The van der Waals surface area contributed by atoms with E-state index in [0.717, 1.165) is 6.42 Å². The van der Waals surface area contributed by atoms with Crippen LogP contribution in [0.3, 0.4) is 0 Å². The zero-order valence-corrected chi connectivity index (χ0v) is 13.1. The molecule has 0 amide bonds. The van der Waals surface area contributed by atoms with Crippen molar-refractivity contribution in [2.24, 2.45) is 0 Å². The molecule has 0 aromatic carbocycles. The Morgan fingerprint density at radius 3 is 2.33 bits per heavy atom. The molecule has 0 atom stereocenters. The number of rotatable bonds is 3. The molecule has 2 nitrogen and oxygen atoms in total. The molecule has 1 aromatic heterocycles. The van der Waals surface area contributed by atoms with Gasteiger partial charge in [0.15, 0.2) is 0 Å². The van der Waals surface area contributed by atoms with Gasteiger partial charge in [0.2, 0.25) is 0 Å². The number of nitrogens with one attached hydrogen (secondary N) is 1. The summed E-state index contributed by atoms with van der Waals surface area (Å²) in [6, 6.07) is 4.14. The molecule has 0 unspecified atom stereocenters. The van der Waals surface area contributed by atoms with Gasteiger partial charge in [0, 0.05) is 23.6 Å². The molecule has 1 heterocycles. The average molecular weight is 260 g/mol. The van der Waals surface area contributed by atoms with Crippen molar-refractivity contribution in [3.63, 3.8) is 0 Å². The maximum Gasteiger partial charge on any atom is 0.148 e. The highest BCUT2D eigenvalue weighted by atomic mass is 28.3. The fraction of sp³-hybridized carbons (Fsp3) is 0.467. The summed E-state index contributed by atoms with van der Waals surface area (Å²) in [6.45, 7) is 11.5. The standard InChI is InChI=1S/C15H24N2Si/c1-15(2,3)16-18(4,5)14-9-8-13(12-14)17-10-6-7-11-17/h6-8,10-12,16H,9H2,1-5H3. The number of nitrogens with zero attached hydrogens (tertiary/aromatic N) is 1. The second-order valence-corrected chi connectivity index (χ2v) is 10.7. The van der Waals surface area contributed by atoms with E-state index in [1.54, 1.807) is 5.20 Å². The highest BCUT2D eigenvalue weighted by Crippen LogP contribution is 2.28. The first-order valence-electron chi connectivity index (χ1n) is 6.62. The van der Waals surface area contributed by atoms with Crippen LogP contribution in [0.15, 0.2) is 41.9 Å². The van der Waals surface area contributed by atoms with Gasteiger partial charge in [-0.25, -0.2) is 0 Å². The molecule has 18 heavy (non-hydrogen) atoms. The minimum atomic E-state index is -1.51. The van der Waals surface area contributed by atoms with E-state index in [2.05, 4.69) is 80.1 Å². The van der Waals surface area contributed by atoms with E-state index in [9.17, 15) is 0 Å². The Labute approximate surface area is 111 Å². The molecule has 3 heteroatoms. The summed E-state index contributed by atoms with van der Waals surface area (Å²) >= 11 is 0. The maximum absolute atomic E-state index is 3.83.